The summed E-state index contributed by atoms with van der Waals surface area (Å²) in [5.74, 6) is -1.61. The summed E-state index contributed by atoms with van der Waals surface area (Å²) >= 11 is 1.22. The molecule has 0 saturated heterocycles. The molecule has 0 amide bonds. The molecule has 12 heteroatoms. The Balaban J connectivity index is 1.69. The molecule has 2 aromatic heterocycles. The van der Waals surface area contributed by atoms with Crippen LogP contribution in [0, 0.1) is 5.92 Å². The second kappa shape index (κ2) is 10.5. The van der Waals surface area contributed by atoms with Crippen LogP contribution in [0.4, 0.5) is 24.1 Å². The second-order valence-corrected chi connectivity index (χ2v) is 11.8. The molecule has 0 spiro atoms. The van der Waals surface area contributed by atoms with Crippen LogP contribution < -0.4 is 5.32 Å². The number of anilines is 2. The fourth-order valence-corrected chi connectivity index (χ4v) is 6.13. The van der Waals surface area contributed by atoms with Crippen molar-refractivity contribution in [3.05, 3.63) is 82.9 Å². The van der Waals surface area contributed by atoms with Crippen LogP contribution >= 0.6 is 11.3 Å². The third-order valence-electron chi connectivity index (χ3n) is 5.45. The summed E-state index contributed by atoms with van der Waals surface area (Å²) in [6.07, 6.45) is -3.57. The van der Waals surface area contributed by atoms with Gasteiger partial charge in [0.2, 0.25) is 9.84 Å². The van der Waals surface area contributed by atoms with Crippen LogP contribution in [0.25, 0.3) is 11.3 Å². The van der Waals surface area contributed by atoms with Crippen LogP contribution in [0.2, 0.25) is 0 Å². The van der Waals surface area contributed by atoms with Crippen LogP contribution in [0.1, 0.15) is 34.6 Å². The summed E-state index contributed by atoms with van der Waals surface area (Å²) in [5, 5.41) is 12.4. The van der Waals surface area contributed by atoms with Crippen LogP contribution in [-0.2, 0) is 22.4 Å². The number of alkyl halides is 3. The molecule has 0 unspecified atom stereocenters. The molecule has 0 fully saturated rings. The minimum atomic E-state index is -4.74. The largest absolute Gasteiger partial charge is 0.478 e. The van der Waals surface area contributed by atoms with Crippen LogP contribution in [0.3, 0.4) is 0 Å². The van der Waals surface area contributed by atoms with E-state index in [4.69, 9.17) is 0 Å². The van der Waals surface area contributed by atoms with Crippen molar-refractivity contribution in [2.24, 2.45) is 5.92 Å². The fraction of sp³-hybridized carbons (Fsp3) is 0.192. The van der Waals surface area contributed by atoms with Crippen molar-refractivity contribution in [2.75, 3.05) is 5.32 Å². The first kappa shape index (κ1) is 27.3. The molecule has 198 valence electrons. The Hall–Kier alpha value is -3.77. The standard InChI is InChI=1S/C26H22F3N3O4S2/c1-15(2)12-21-22(16-8-10-19(11-9-16)38(35,36)18-6-4-3-5-7-18)31-25(37-21)32-23-20(24(33)34)13-17(14-30-23)26(27,28)29/h3-11,13-15H,12H2,1-2H3,(H,33,34)(H,30,31,32). The lowest BCUT2D eigenvalue weighted by molar-refractivity contribution is -0.137. The zero-order chi connectivity index (χ0) is 27.7. The minimum Gasteiger partial charge on any atom is -0.478 e. The van der Waals surface area contributed by atoms with Gasteiger partial charge in [-0.15, -0.1) is 11.3 Å². The maximum atomic E-state index is 13.1. The number of pyridine rings is 1. The first-order chi connectivity index (χ1) is 17.9. The number of aromatic nitrogens is 2. The lowest BCUT2D eigenvalue weighted by Gasteiger charge is -2.10. The van der Waals surface area contributed by atoms with E-state index in [9.17, 15) is 31.5 Å². The van der Waals surface area contributed by atoms with E-state index in [0.717, 1.165) is 4.88 Å². The molecule has 2 heterocycles. The van der Waals surface area contributed by atoms with E-state index in [2.05, 4.69) is 15.3 Å². The van der Waals surface area contributed by atoms with Gasteiger partial charge in [0.15, 0.2) is 5.13 Å². The minimum absolute atomic E-state index is 0.117. The summed E-state index contributed by atoms with van der Waals surface area (Å²) in [6, 6.07) is 14.8. The van der Waals surface area contributed by atoms with Gasteiger partial charge in [-0.05, 0) is 42.7 Å². The first-order valence-electron chi connectivity index (χ1n) is 11.3. The van der Waals surface area contributed by atoms with Gasteiger partial charge in [-0.3, -0.25) is 0 Å². The predicted molar refractivity (Wildman–Crippen MR) is 137 cm³/mol. The summed E-state index contributed by atoms with van der Waals surface area (Å²) in [4.78, 5) is 21.0. The number of carbonyl (C=O) groups is 1. The highest BCUT2D eigenvalue weighted by atomic mass is 32.2. The summed E-state index contributed by atoms with van der Waals surface area (Å²) in [5.41, 5.74) is -0.627. The molecule has 2 N–H and O–H groups in total. The molecule has 0 aliphatic rings. The van der Waals surface area contributed by atoms with Crippen molar-refractivity contribution < 1.29 is 31.5 Å². The van der Waals surface area contributed by atoms with Crippen molar-refractivity contribution in [1.29, 1.82) is 0 Å². The molecule has 0 radical (unpaired) electrons. The van der Waals surface area contributed by atoms with Gasteiger partial charge in [0.1, 0.15) is 11.4 Å². The number of benzene rings is 2. The summed E-state index contributed by atoms with van der Waals surface area (Å²) in [7, 11) is -3.70. The molecule has 0 aliphatic heterocycles. The van der Waals surface area contributed by atoms with Crippen molar-refractivity contribution in [3.8, 4) is 11.3 Å². The summed E-state index contributed by atoms with van der Waals surface area (Å²) < 4.78 is 65.0. The smallest absolute Gasteiger partial charge is 0.417 e. The van der Waals surface area contributed by atoms with Gasteiger partial charge in [-0.2, -0.15) is 13.2 Å². The van der Waals surface area contributed by atoms with E-state index in [1.807, 2.05) is 13.8 Å². The Bertz CT molecular complexity index is 1570. The SMILES string of the molecule is CC(C)Cc1sc(Nc2ncc(C(F)(F)F)cc2C(=O)O)nc1-c1ccc(S(=O)(=O)c2ccccc2)cc1. The first-order valence-corrected chi connectivity index (χ1v) is 13.6. The van der Waals surface area contributed by atoms with Crippen LogP contribution in [0.5, 0.6) is 0 Å². The number of rotatable bonds is 8. The van der Waals surface area contributed by atoms with Crippen molar-refractivity contribution in [2.45, 2.75) is 36.2 Å². The lowest BCUT2D eigenvalue weighted by atomic mass is 10.1. The van der Waals surface area contributed by atoms with Crippen molar-refractivity contribution in [1.82, 2.24) is 9.97 Å². The van der Waals surface area contributed by atoms with Gasteiger partial charge in [0, 0.05) is 16.6 Å². The predicted octanol–water partition coefficient (Wildman–Crippen LogP) is 6.70. The Kier molecular flexibility index (Phi) is 7.56. The van der Waals surface area contributed by atoms with E-state index in [-0.39, 0.29) is 26.7 Å². The average Bonchev–Trinajstić information content (AvgIpc) is 3.25. The number of carboxylic acid groups (broad SMARTS) is 1. The highest BCUT2D eigenvalue weighted by Gasteiger charge is 2.33. The van der Waals surface area contributed by atoms with Crippen molar-refractivity contribution >= 4 is 38.1 Å². The molecule has 4 rings (SSSR count). The second-order valence-electron chi connectivity index (χ2n) is 8.78. The number of hydrogen-bond donors (Lipinski definition) is 2. The van der Waals surface area contributed by atoms with Gasteiger partial charge in [0.05, 0.1) is 21.0 Å². The summed E-state index contributed by atoms with van der Waals surface area (Å²) in [6.45, 7) is 4.01. The van der Waals surface area contributed by atoms with E-state index in [1.54, 1.807) is 30.3 Å². The number of aromatic carboxylic acids is 1. The third kappa shape index (κ3) is 5.86. The van der Waals surface area contributed by atoms with Gasteiger partial charge in [-0.25, -0.2) is 23.2 Å². The Morgan fingerprint density at radius 1 is 1.05 bits per heavy atom. The quantitative estimate of drug-likeness (QED) is 0.246. The highest BCUT2D eigenvalue weighted by molar-refractivity contribution is 7.91. The number of nitrogens with one attached hydrogen (secondary N) is 1. The van der Waals surface area contributed by atoms with Gasteiger partial charge < -0.3 is 10.4 Å². The van der Waals surface area contributed by atoms with E-state index >= 15 is 0 Å². The van der Waals surface area contributed by atoms with Gasteiger partial charge in [0.25, 0.3) is 0 Å². The van der Waals surface area contributed by atoms with Crippen LogP contribution in [-0.4, -0.2) is 29.5 Å². The third-order valence-corrected chi connectivity index (χ3v) is 8.23. The molecule has 7 nitrogen and oxygen atoms in total. The number of sulfone groups is 1. The number of carboxylic acids is 1. The zero-order valence-corrected chi connectivity index (χ0v) is 21.8. The van der Waals surface area contributed by atoms with Gasteiger partial charge >= 0.3 is 12.1 Å². The molecule has 0 aliphatic carbocycles. The number of halogens is 3. The molecule has 4 aromatic rings. The van der Waals surface area contributed by atoms with E-state index in [0.29, 0.717) is 29.9 Å². The Labute approximate surface area is 220 Å². The molecule has 38 heavy (non-hydrogen) atoms. The Morgan fingerprint density at radius 3 is 2.26 bits per heavy atom. The molecular formula is C26H22F3N3O4S2. The lowest BCUT2D eigenvalue weighted by Crippen LogP contribution is -2.11. The number of hydrogen-bond acceptors (Lipinski definition) is 7. The molecule has 0 atom stereocenters. The maximum Gasteiger partial charge on any atom is 0.417 e. The molecule has 0 saturated carbocycles. The average molecular weight is 562 g/mol. The molecule has 2 aromatic carbocycles. The number of nitrogens with zero attached hydrogens (tertiary/aromatic N) is 2. The van der Waals surface area contributed by atoms with E-state index < -0.39 is 33.1 Å². The monoisotopic (exact) mass is 561 g/mol. The Morgan fingerprint density at radius 2 is 1.68 bits per heavy atom. The molecule has 0 bridgehead atoms. The topological polar surface area (TPSA) is 109 Å². The van der Waals surface area contributed by atoms with Gasteiger partial charge in [-0.1, -0.05) is 44.2 Å². The zero-order valence-electron chi connectivity index (χ0n) is 20.2. The highest BCUT2D eigenvalue weighted by Crippen LogP contribution is 2.36. The maximum absolute atomic E-state index is 13.1. The number of thiazole rings is 1. The van der Waals surface area contributed by atoms with Crippen molar-refractivity contribution in [3.63, 3.8) is 0 Å². The normalized spacial score (nSPS) is 12.1. The molecular weight excluding hydrogens is 539 g/mol. The fourth-order valence-electron chi connectivity index (χ4n) is 3.65. The van der Waals surface area contributed by atoms with Crippen LogP contribution in [0.15, 0.2) is 76.7 Å². The van der Waals surface area contributed by atoms with E-state index in [1.165, 1.54) is 35.6 Å².